The molecule has 0 aliphatic rings. The van der Waals surface area contributed by atoms with Crippen LogP contribution in [0.15, 0.2) is 30.8 Å². The summed E-state index contributed by atoms with van der Waals surface area (Å²) in [5.74, 6) is 0.0656. The molecule has 13 heavy (non-hydrogen) atoms. The van der Waals surface area contributed by atoms with Crippen LogP contribution in [0.3, 0.4) is 0 Å². The molecule has 0 bridgehead atoms. The molecule has 1 aromatic rings. The van der Waals surface area contributed by atoms with Gasteiger partial charge in [-0.2, -0.15) is 0 Å². The summed E-state index contributed by atoms with van der Waals surface area (Å²) in [7, 11) is 1.53. The lowest BCUT2D eigenvalue weighted by molar-refractivity contribution is -0.112. The molecule has 68 valence electrons. The largest absolute Gasteiger partial charge is 0.496 e. The standard InChI is InChI=1S/C10H11NO2/c1-7(10(11)12)8-5-3-4-6-9(8)13-2/h3-6H,1H2,2H3,(H2,11,12). The highest BCUT2D eigenvalue weighted by molar-refractivity contribution is 6.18. The third kappa shape index (κ3) is 1.87. The summed E-state index contributed by atoms with van der Waals surface area (Å²) in [4.78, 5) is 10.8. The van der Waals surface area contributed by atoms with Crippen molar-refractivity contribution in [1.29, 1.82) is 0 Å². The van der Waals surface area contributed by atoms with Gasteiger partial charge in [0, 0.05) is 11.1 Å². The van der Waals surface area contributed by atoms with Crippen molar-refractivity contribution in [3.05, 3.63) is 36.4 Å². The first-order chi connectivity index (χ1) is 6.16. The van der Waals surface area contributed by atoms with E-state index in [1.54, 1.807) is 18.2 Å². The van der Waals surface area contributed by atoms with E-state index in [9.17, 15) is 4.79 Å². The Balaban J connectivity index is 3.13. The third-order valence-corrected chi connectivity index (χ3v) is 1.73. The van der Waals surface area contributed by atoms with Gasteiger partial charge in [-0.1, -0.05) is 24.8 Å². The lowest BCUT2D eigenvalue weighted by atomic mass is 10.1. The molecule has 0 saturated carbocycles. The average Bonchev–Trinajstić information content (AvgIpc) is 2.16. The zero-order valence-corrected chi connectivity index (χ0v) is 7.41. The Hall–Kier alpha value is -1.77. The van der Waals surface area contributed by atoms with Crippen LogP contribution in [0.5, 0.6) is 5.75 Å². The molecule has 0 radical (unpaired) electrons. The summed E-state index contributed by atoms with van der Waals surface area (Å²) < 4.78 is 5.05. The number of ether oxygens (including phenoxy) is 1. The Bertz CT molecular complexity index is 345. The first kappa shape index (κ1) is 9.32. The van der Waals surface area contributed by atoms with Gasteiger partial charge in [0.1, 0.15) is 5.75 Å². The molecule has 3 nitrogen and oxygen atoms in total. The predicted molar refractivity (Wildman–Crippen MR) is 51.2 cm³/mol. The van der Waals surface area contributed by atoms with Crippen molar-refractivity contribution in [1.82, 2.24) is 0 Å². The van der Waals surface area contributed by atoms with Crippen molar-refractivity contribution < 1.29 is 9.53 Å². The fourth-order valence-electron chi connectivity index (χ4n) is 1.03. The molecular weight excluding hydrogens is 166 g/mol. The predicted octanol–water partition coefficient (Wildman–Crippen LogP) is 1.19. The van der Waals surface area contributed by atoms with Crippen LogP contribution in [0.1, 0.15) is 5.56 Å². The maximum atomic E-state index is 10.8. The summed E-state index contributed by atoms with van der Waals surface area (Å²) in [5, 5.41) is 0. The van der Waals surface area contributed by atoms with Crippen LogP contribution in [-0.2, 0) is 4.79 Å². The van der Waals surface area contributed by atoms with E-state index in [0.29, 0.717) is 11.3 Å². The van der Waals surface area contributed by atoms with E-state index in [1.807, 2.05) is 6.07 Å². The molecule has 2 N–H and O–H groups in total. The number of rotatable bonds is 3. The van der Waals surface area contributed by atoms with E-state index >= 15 is 0 Å². The number of benzene rings is 1. The average molecular weight is 177 g/mol. The topological polar surface area (TPSA) is 52.3 Å². The molecule has 0 aliphatic heterocycles. The van der Waals surface area contributed by atoms with E-state index in [-0.39, 0.29) is 5.57 Å². The van der Waals surface area contributed by atoms with Crippen molar-refractivity contribution in [2.24, 2.45) is 5.73 Å². The summed E-state index contributed by atoms with van der Waals surface area (Å²) in [6, 6.07) is 7.11. The normalized spacial score (nSPS) is 9.31. The highest BCUT2D eigenvalue weighted by Crippen LogP contribution is 2.23. The van der Waals surface area contributed by atoms with Gasteiger partial charge in [-0.15, -0.1) is 0 Å². The number of hydrogen-bond acceptors (Lipinski definition) is 2. The van der Waals surface area contributed by atoms with Gasteiger partial charge < -0.3 is 10.5 Å². The van der Waals surface area contributed by atoms with Crippen molar-refractivity contribution in [2.45, 2.75) is 0 Å². The molecule has 0 aliphatic carbocycles. The summed E-state index contributed by atoms with van der Waals surface area (Å²) >= 11 is 0. The fourth-order valence-corrected chi connectivity index (χ4v) is 1.03. The van der Waals surface area contributed by atoms with Crippen molar-refractivity contribution >= 4 is 11.5 Å². The molecule has 0 atom stereocenters. The number of hydrogen-bond donors (Lipinski definition) is 1. The first-order valence-electron chi connectivity index (χ1n) is 3.79. The van der Waals surface area contributed by atoms with E-state index in [1.165, 1.54) is 7.11 Å². The second-order valence-corrected chi connectivity index (χ2v) is 2.54. The van der Waals surface area contributed by atoms with Crippen LogP contribution in [0, 0.1) is 0 Å². The van der Waals surface area contributed by atoms with Crippen LogP contribution >= 0.6 is 0 Å². The van der Waals surface area contributed by atoms with Crippen LogP contribution in [0.4, 0.5) is 0 Å². The number of carbonyl (C=O) groups excluding carboxylic acids is 1. The Kier molecular flexibility index (Phi) is 2.69. The smallest absolute Gasteiger partial charge is 0.248 e. The highest BCUT2D eigenvalue weighted by atomic mass is 16.5. The Morgan fingerprint density at radius 1 is 1.46 bits per heavy atom. The molecular formula is C10H11NO2. The van der Waals surface area contributed by atoms with E-state index in [2.05, 4.69) is 6.58 Å². The maximum Gasteiger partial charge on any atom is 0.248 e. The molecule has 1 amide bonds. The second kappa shape index (κ2) is 3.76. The summed E-state index contributed by atoms with van der Waals surface area (Å²) in [6.45, 7) is 3.58. The summed E-state index contributed by atoms with van der Waals surface area (Å²) in [6.07, 6.45) is 0. The third-order valence-electron chi connectivity index (χ3n) is 1.73. The number of para-hydroxylation sites is 1. The lowest BCUT2D eigenvalue weighted by Crippen LogP contribution is -2.12. The van der Waals surface area contributed by atoms with Gasteiger partial charge in [-0.05, 0) is 6.07 Å². The molecule has 0 spiro atoms. The monoisotopic (exact) mass is 177 g/mol. The minimum absolute atomic E-state index is 0.262. The van der Waals surface area contributed by atoms with Gasteiger partial charge in [0.15, 0.2) is 0 Å². The number of nitrogens with two attached hydrogens (primary N) is 1. The van der Waals surface area contributed by atoms with E-state index in [4.69, 9.17) is 10.5 Å². The molecule has 3 heteroatoms. The van der Waals surface area contributed by atoms with Gasteiger partial charge >= 0.3 is 0 Å². The van der Waals surface area contributed by atoms with E-state index < -0.39 is 5.91 Å². The van der Waals surface area contributed by atoms with Crippen molar-refractivity contribution in [3.63, 3.8) is 0 Å². The lowest BCUT2D eigenvalue weighted by Gasteiger charge is -2.07. The number of amides is 1. The van der Waals surface area contributed by atoms with Gasteiger partial charge in [-0.25, -0.2) is 0 Å². The van der Waals surface area contributed by atoms with Crippen molar-refractivity contribution in [2.75, 3.05) is 7.11 Å². The van der Waals surface area contributed by atoms with Crippen LogP contribution < -0.4 is 10.5 Å². The van der Waals surface area contributed by atoms with Gasteiger partial charge in [0.2, 0.25) is 5.91 Å². The Morgan fingerprint density at radius 2 is 2.08 bits per heavy atom. The number of carbonyl (C=O) groups is 1. The maximum absolute atomic E-state index is 10.8. The Labute approximate surface area is 76.8 Å². The van der Waals surface area contributed by atoms with Crippen LogP contribution in [-0.4, -0.2) is 13.0 Å². The zero-order valence-electron chi connectivity index (χ0n) is 7.41. The Morgan fingerprint density at radius 3 is 2.62 bits per heavy atom. The fraction of sp³-hybridized carbons (Fsp3) is 0.100. The molecule has 0 fully saturated rings. The quantitative estimate of drug-likeness (QED) is 0.705. The van der Waals surface area contributed by atoms with Gasteiger partial charge in [-0.3, -0.25) is 4.79 Å². The van der Waals surface area contributed by atoms with Gasteiger partial charge in [0.25, 0.3) is 0 Å². The highest BCUT2D eigenvalue weighted by Gasteiger charge is 2.09. The summed E-state index contributed by atoms with van der Waals surface area (Å²) in [5.41, 5.74) is 6.00. The number of methoxy groups -OCH3 is 1. The molecule has 0 saturated heterocycles. The van der Waals surface area contributed by atoms with E-state index in [0.717, 1.165) is 0 Å². The molecule has 0 heterocycles. The first-order valence-corrected chi connectivity index (χ1v) is 3.79. The van der Waals surface area contributed by atoms with Crippen LogP contribution in [0.25, 0.3) is 5.57 Å². The van der Waals surface area contributed by atoms with Gasteiger partial charge in [0.05, 0.1) is 7.11 Å². The molecule has 0 aromatic heterocycles. The molecule has 0 unspecified atom stereocenters. The zero-order chi connectivity index (χ0) is 9.84. The minimum atomic E-state index is -0.537. The number of primary amides is 1. The van der Waals surface area contributed by atoms with Crippen LogP contribution in [0.2, 0.25) is 0 Å². The van der Waals surface area contributed by atoms with Crippen molar-refractivity contribution in [3.8, 4) is 5.75 Å². The molecule has 1 aromatic carbocycles. The minimum Gasteiger partial charge on any atom is -0.496 e. The second-order valence-electron chi connectivity index (χ2n) is 2.54. The SMILES string of the molecule is C=C(C(N)=O)c1ccccc1OC. The molecule has 1 rings (SSSR count).